The number of rotatable bonds is 1. The zero-order valence-electron chi connectivity index (χ0n) is 13.5. The average molecular weight is 371 g/mol. The van der Waals surface area contributed by atoms with Crippen LogP contribution in [0.15, 0.2) is 4.60 Å². The summed E-state index contributed by atoms with van der Waals surface area (Å²) in [5.74, 6) is 0. The molecule has 2 aliphatic heterocycles. The van der Waals surface area contributed by atoms with Gasteiger partial charge in [0.1, 0.15) is 5.60 Å². The lowest BCUT2D eigenvalue weighted by Crippen LogP contribution is -2.49. The Balaban J connectivity index is 1.74. The van der Waals surface area contributed by atoms with Gasteiger partial charge in [-0.15, -0.1) is 5.10 Å². The fraction of sp³-hybridized carbons (Fsp3) is 0.800. The highest BCUT2D eigenvalue weighted by Crippen LogP contribution is 2.41. The molecule has 2 unspecified atom stereocenters. The number of hydrogen-bond donors (Lipinski definition) is 0. The maximum absolute atomic E-state index is 12.5. The Kier molecular flexibility index (Phi) is 3.95. The number of carbonyl (C=O) groups is 1. The monoisotopic (exact) mass is 370 g/mol. The summed E-state index contributed by atoms with van der Waals surface area (Å²) in [6.45, 7) is 7.76. The summed E-state index contributed by atoms with van der Waals surface area (Å²) < 4.78 is 8.37. The number of halogens is 1. The SMILES string of the molecule is Cc1c(Br)nnn1C1CC2CCC(C1)N2C(=O)OC(C)(C)C. The van der Waals surface area contributed by atoms with E-state index in [2.05, 4.69) is 26.2 Å². The van der Waals surface area contributed by atoms with Gasteiger partial charge in [0, 0.05) is 12.1 Å². The minimum Gasteiger partial charge on any atom is -0.444 e. The predicted octanol–water partition coefficient (Wildman–Crippen LogP) is 3.45. The minimum atomic E-state index is -0.444. The first kappa shape index (κ1) is 15.8. The van der Waals surface area contributed by atoms with Crippen LogP contribution in [0.5, 0.6) is 0 Å². The molecule has 2 saturated heterocycles. The highest BCUT2D eigenvalue weighted by molar-refractivity contribution is 9.10. The van der Waals surface area contributed by atoms with E-state index in [4.69, 9.17) is 4.74 Å². The Morgan fingerprint density at radius 2 is 1.82 bits per heavy atom. The predicted molar refractivity (Wildman–Crippen MR) is 85.6 cm³/mol. The molecular formula is C15H23BrN4O2. The molecule has 0 aliphatic carbocycles. The standard InChI is InChI=1S/C15H23BrN4O2/c1-9-13(16)17-18-20(9)12-7-10-5-6-11(8-12)19(10)14(21)22-15(2,3)4/h10-12H,5-8H2,1-4H3. The van der Waals surface area contributed by atoms with Crippen LogP contribution in [0.4, 0.5) is 4.79 Å². The van der Waals surface area contributed by atoms with Crippen LogP contribution >= 0.6 is 15.9 Å². The number of hydrogen-bond acceptors (Lipinski definition) is 4. The number of aromatic nitrogens is 3. The largest absolute Gasteiger partial charge is 0.444 e. The number of nitrogens with zero attached hydrogens (tertiary/aromatic N) is 4. The Labute approximate surface area is 139 Å². The summed E-state index contributed by atoms with van der Waals surface area (Å²) in [5, 5.41) is 8.34. The van der Waals surface area contributed by atoms with E-state index < -0.39 is 5.60 Å². The lowest BCUT2D eigenvalue weighted by Gasteiger charge is -2.39. The van der Waals surface area contributed by atoms with Gasteiger partial charge in [-0.3, -0.25) is 0 Å². The highest BCUT2D eigenvalue weighted by atomic mass is 79.9. The molecule has 2 bridgehead atoms. The van der Waals surface area contributed by atoms with E-state index in [9.17, 15) is 4.79 Å². The van der Waals surface area contributed by atoms with Crippen LogP contribution in [0.2, 0.25) is 0 Å². The van der Waals surface area contributed by atoms with Crippen molar-refractivity contribution >= 4 is 22.0 Å². The molecular weight excluding hydrogens is 348 g/mol. The Morgan fingerprint density at radius 3 is 2.27 bits per heavy atom. The van der Waals surface area contributed by atoms with Crippen LogP contribution < -0.4 is 0 Å². The van der Waals surface area contributed by atoms with E-state index in [1.165, 1.54) is 0 Å². The Hall–Kier alpha value is -1.11. The zero-order valence-corrected chi connectivity index (χ0v) is 15.1. The molecule has 3 heterocycles. The van der Waals surface area contributed by atoms with Crippen molar-refractivity contribution < 1.29 is 9.53 Å². The first-order chi connectivity index (χ1) is 10.3. The number of ether oxygens (including phenoxy) is 1. The van der Waals surface area contributed by atoms with Gasteiger partial charge in [-0.25, -0.2) is 9.48 Å². The molecule has 1 amide bonds. The van der Waals surface area contributed by atoms with Gasteiger partial charge in [0.15, 0.2) is 4.60 Å². The van der Waals surface area contributed by atoms with Crippen LogP contribution in [0, 0.1) is 6.92 Å². The Morgan fingerprint density at radius 1 is 1.23 bits per heavy atom. The van der Waals surface area contributed by atoms with Crippen LogP contribution in [0.25, 0.3) is 0 Å². The van der Waals surface area contributed by atoms with Crippen LogP contribution in [0.1, 0.15) is 58.2 Å². The minimum absolute atomic E-state index is 0.171. The van der Waals surface area contributed by atoms with E-state index in [1.807, 2.05) is 37.3 Å². The molecule has 3 rings (SSSR count). The first-order valence-electron chi connectivity index (χ1n) is 7.85. The van der Waals surface area contributed by atoms with Crippen molar-refractivity contribution in [2.75, 3.05) is 0 Å². The van der Waals surface area contributed by atoms with E-state index >= 15 is 0 Å². The molecule has 0 spiro atoms. The van der Waals surface area contributed by atoms with E-state index in [0.717, 1.165) is 36.0 Å². The van der Waals surface area contributed by atoms with Crippen LogP contribution in [-0.2, 0) is 4.74 Å². The van der Waals surface area contributed by atoms with Gasteiger partial charge in [0.2, 0.25) is 0 Å². The topological polar surface area (TPSA) is 60.2 Å². The fourth-order valence-electron chi connectivity index (χ4n) is 3.63. The number of fused-ring (bicyclic) bond motifs is 2. The second-order valence-electron chi connectivity index (χ2n) is 7.31. The average Bonchev–Trinajstić information content (AvgIpc) is 2.86. The molecule has 2 fully saturated rings. The summed E-state index contributed by atoms with van der Waals surface area (Å²) in [4.78, 5) is 14.4. The lowest BCUT2D eigenvalue weighted by atomic mass is 9.97. The molecule has 0 aromatic carbocycles. The molecule has 6 nitrogen and oxygen atoms in total. The number of piperidine rings is 1. The summed E-state index contributed by atoms with van der Waals surface area (Å²) >= 11 is 3.42. The maximum atomic E-state index is 12.5. The molecule has 1 aromatic heterocycles. The molecule has 122 valence electrons. The fourth-order valence-corrected chi connectivity index (χ4v) is 3.88. The van der Waals surface area contributed by atoms with Crippen molar-refractivity contribution in [3.8, 4) is 0 Å². The summed E-state index contributed by atoms with van der Waals surface area (Å²) in [7, 11) is 0. The summed E-state index contributed by atoms with van der Waals surface area (Å²) in [6.07, 6.45) is 3.78. The van der Waals surface area contributed by atoms with E-state index in [1.54, 1.807) is 0 Å². The number of amides is 1. The maximum Gasteiger partial charge on any atom is 0.410 e. The first-order valence-corrected chi connectivity index (χ1v) is 8.64. The second-order valence-corrected chi connectivity index (χ2v) is 8.06. The third-order valence-corrected chi connectivity index (χ3v) is 5.26. The number of carbonyl (C=O) groups excluding carboxylic acids is 1. The zero-order chi connectivity index (χ0) is 16.1. The highest BCUT2D eigenvalue weighted by Gasteiger charge is 2.45. The molecule has 1 aromatic rings. The van der Waals surface area contributed by atoms with Crippen molar-refractivity contribution in [3.63, 3.8) is 0 Å². The molecule has 0 N–H and O–H groups in total. The summed E-state index contributed by atoms with van der Waals surface area (Å²) in [5.41, 5.74) is 0.607. The van der Waals surface area contributed by atoms with Crippen molar-refractivity contribution in [2.24, 2.45) is 0 Å². The Bertz CT molecular complexity index is 567. The molecule has 0 radical (unpaired) electrons. The smallest absolute Gasteiger partial charge is 0.410 e. The van der Waals surface area contributed by atoms with E-state index in [-0.39, 0.29) is 18.2 Å². The van der Waals surface area contributed by atoms with Gasteiger partial charge in [-0.1, -0.05) is 5.21 Å². The molecule has 22 heavy (non-hydrogen) atoms. The third-order valence-electron chi connectivity index (χ3n) is 4.53. The third kappa shape index (κ3) is 2.87. The lowest BCUT2D eigenvalue weighted by molar-refractivity contribution is 0.00214. The van der Waals surface area contributed by atoms with Gasteiger partial charge in [0.25, 0.3) is 0 Å². The van der Waals surface area contributed by atoms with Gasteiger partial charge in [0.05, 0.1) is 11.7 Å². The van der Waals surface area contributed by atoms with Crippen molar-refractivity contribution in [2.45, 2.75) is 77.1 Å². The second kappa shape index (κ2) is 5.51. The molecule has 7 heteroatoms. The van der Waals surface area contributed by atoms with Gasteiger partial charge in [-0.2, -0.15) is 0 Å². The van der Waals surface area contributed by atoms with Gasteiger partial charge >= 0.3 is 6.09 Å². The van der Waals surface area contributed by atoms with Gasteiger partial charge < -0.3 is 9.64 Å². The van der Waals surface area contributed by atoms with Crippen molar-refractivity contribution in [1.29, 1.82) is 0 Å². The van der Waals surface area contributed by atoms with Gasteiger partial charge in [-0.05, 0) is 69.3 Å². The molecule has 2 atom stereocenters. The van der Waals surface area contributed by atoms with Crippen LogP contribution in [0.3, 0.4) is 0 Å². The quantitative estimate of drug-likeness (QED) is 0.759. The molecule has 0 saturated carbocycles. The van der Waals surface area contributed by atoms with Crippen LogP contribution in [-0.4, -0.2) is 43.7 Å². The molecule has 2 aliphatic rings. The van der Waals surface area contributed by atoms with Crippen molar-refractivity contribution in [3.05, 3.63) is 10.3 Å². The normalized spacial score (nSPS) is 28.0. The van der Waals surface area contributed by atoms with E-state index in [0.29, 0.717) is 6.04 Å². The summed E-state index contributed by atoms with van der Waals surface area (Å²) in [6, 6.07) is 0.817. The van der Waals surface area contributed by atoms with Crippen molar-refractivity contribution in [1.82, 2.24) is 19.9 Å².